The molecule has 2 aromatic heterocycles. The summed E-state index contributed by atoms with van der Waals surface area (Å²) in [4.78, 5) is 18.3. The van der Waals surface area contributed by atoms with Gasteiger partial charge in [-0.2, -0.15) is 0 Å². The summed E-state index contributed by atoms with van der Waals surface area (Å²) in [6, 6.07) is 7.46. The second kappa shape index (κ2) is 7.09. The topological polar surface area (TPSA) is 71.8 Å². The van der Waals surface area contributed by atoms with Gasteiger partial charge in [0.05, 0.1) is 30.6 Å². The second-order valence-corrected chi connectivity index (χ2v) is 7.30. The summed E-state index contributed by atoms with van der Waals surface area (Å²) in [5.74, 6) is 2.47. The standard InChI is InChI=1S/C23H22N2O5/c1-4-5-6-25-17-10-19(28-3)18(27-2)7-13(17)15-11-24-16-9-21-20(29-12-30-21)8-14(16)22(15)23(25)26/h7-11H,4-6,12H2,1-3H3. The molecule has 0 aliphatic carbocycles. The lowest BCUT2D eigenvalue weighted by Gasteiger charge is -2.17. The summed E-state index contributed by atoms with van der Waals surface area (Å²) in [5.41, 5.74) is 1.45. The van der Waals surface area contributed by atoms with Crippen molar-refractivity contribution in [3.8, 4) is 23.0 Å². The molecule has 2 aromatic carbocycles. The van der Waals surface area contributed by atoms with Gasteiger partial charge >= 0.3 is 0 Å². The highest BCUT2D eigenvalue weighted by Gasteiger charge is 2.20. The van der Waals surface area contributed by atoms with Gasteiger partial charge in [0.15, 0.2) is 23.0 Å². The van der Waals surface area contributed by atoms with E-state index in [0.29, 0.717) is 40.4 Å². The summed E-state index contributed by atoms with van der Waals surface area (Å²) in [6.45, 7) is 2.90. The Kier molecular flexibility index (Phi) is 4.38. The molecule has 7 nitrogen and oxygen atoms in total. The molecule has 0 N–H and O–H groups in total. The number of unbranched alkanes of at least 4 members (excludes halogenated alkanes) is 1. The summed E-state index contributed by atoms with van der Waals surface area (Å²) < 4.78 is 23.9. The predicted octanol–water partition coefficient (Wildman–Crippen LogP) is 4.25. The molecule has 1 aliphatic rings. The van der Waals surface area contributed by atoms with Crippen LogP contribution in [0.15, 0.2) is 35.3 Å². The molecule has 0 atom stereocenters. The van der Waals surface area contributed by atoms with Crippen molar-refractivity contribution in [1.29, 1.82) is 0 Å². The van der Waals surface area contributed by atoms with Gasteiger partial charge in [-0.25, -0.2) is 0 Å². The van der Waals surface area contributed by atoms with Crippen molar-refractivity contribution >= 4 is 32.6 Å². The molecule has 0 unspecified atom stereocenters. The van der Waals surface area contributed by atoms with Crippen molar-refractivity contribution in [3.05, 3.63) is 40.8 Å². The fourth-order valence-corrected chi connectivity index (χ4v) is 4.11. The fourth-order valence-electron chi connectivity index (χ4n) is 4.11. The van der Waals surface area contributed by atoms with E-state index in [1.54, 1.807) is 20.4 Å². The quantitative estimate of drug-likeness (QED) is 0.462. The van der Waals surface area contributed by atoms with Crippen LogP contribution < -0.4 is 24.5 Å². The highest BCUT2D eigenvalue weighted by atomic mass is 16.7. The highest BCUT2D eigenvalue weighted by Crippen LogP contribution is 2.39. The van der Waals surface area contributed by atoms with Crippen LogP contribution in [-0.4, -0.2) is 30.6 Å². The summed E-state index contributed by atoms with van der Waals surface area (Å²) in [6.07, 6.45) is 3.62. The molecule has 0 fully saturated rings. The molecular formula is C23H22N2O5. The number of fused-ring (bicyclic) bond motifs is 6. The van der Waals surface area contributed by atoms with Gasteiger partial charge < -0.3 is 23.5 Å². The Morgan fingerprint density at radius 3 is 2.47 bits per heavy atom. The first kappa shape index (κ1) is 18.5. The predicted molar refractivity (Wildman–Crippen MR) is 115 cm³/mol. The Morgan fingerprint density at radius 1 is 1.00 bits per heavy atom. The van der Waals surface area contributed by atoms with E-state index in [-0.39, 0.29) is 12.4 Å². The van der Waals surface area contributed by atoms with E-state index in [0.717, 1.165) is 34.5 Å². The van der Waals surface area contributed by atoms with Gasteiger partial charge in [0, 0.05) is 41.0 Å². The monoisotopic (exact) mass is 406 g/mol. The van der Waals surface area contributed by atoms with Gasteiger partial charge in [-0.15, -0.1) is 0 Å². The molecular weight excluding hydrogens is 384 g/mol. The summed E-state index contributed by atoms with van der Waals surface area (Å²) in [7, 11) is 3.20. The number of aromatic nitrogens is 2. The lowest BCUT2D eigenvalue weighted by molar-refractivity contribution is 0.174. The Hall–Kier alpha value is -3.48. The van der Waals surface area contributed by atoms with E-state index in [1.807, 2.05) is 28.8 Å². The van der Waals surface area contributed by atoms with E-state index < -0.39 is 0 Å². The van der Waals surface area contributed by atoms with Crippen molar-refractivity contribution < 1.29 is 18.9 Å². The molecule has 154 valence electrons. The molecule has 0 saturated heterocycles. The van der Waals surface area contributed by atoms with Crippen LogP contribution in [0.2, 0.25) is 0 Å². The van der Waals surface area contributed by atoms with E-state index >= 15 is 0 Å². The van der Waals surface area contributed by atoms with Gasteiger partial charge in [-0.3, -0.25) is 9.78 Å². The average Bonchev–Trinajstić information content (AvgIpc) is 3.23. The van der Waals surface area contributed by atoms with Crippen LogP contribution in [0.25, 0.3) is 32.6 Å². The summed E-state index contributed by atoms with van der Waals surface area (Å²) in [5, 5.41) is 3.04. The van der Waals surface area contributed by atoms with Crippen LogP contribution in [0.4, 0.5) is 0 Å². The Labute approximate surface area is 172 Å². The smallest absolute Gasteiger partial charge is 0.259 e. The van der Waals surface area contributed by atoms with Crippen molar-refractivity contribution in [2.45, 2.75) is 26.3 Å². The maximum atomic E-state index is 13.7. The molecule has 0 spiro atoms. The first-order chi connectivity index (χ1) is 14.7. The maximum Gasteiger partial charge on any atom is 0.259 e. The normalized spacial score (nSPS) is 12.8. The fraction of sp³-hybridized carbons (Fsp3) is 0.304. The minimum absolute atomic E-state index is 0.0514. The van der Waals surface area contributed by atoms with Crippen molar-refractivity contribution in [3.63, 3.8) is 0 Å². The molecule has 3 heterocycles. The van der Waals surface area contributed by atoms with Crippen LogP contribution in [0.1, 0.15) is 19.8 Å². The van der Waals surface area contributed by atoms with Gasteiger partial charge in [0.25, 0.3) is 5.56 Å². The van der Waals surface area contributed by atoms with Crippen LogP contribution in [0, 0.1) is 0 Å². The number of ether oxygens (including phenoxy) is 4. The largest absolute Gasteiger partial charge is 0.493 e. The number of hydrogen-bond donors (Lipinski definition) is 0. The van der Waals surface area contributed by atoms with Crippen molar-refractivity contribution in [2.24, 2.45) is 0 Å². The van der Waals surface area contributed by atoms with Crippen molar-refractivity contribution in [1.82, 2.24) is 9.55 Å². The second-order valence-electron chi connectivity index (χ2n) is 7.30. The Morgan fingerprint density at radius 2 is 1.73 bits per heavy atom. The first-order valence-corrected chi connectivity index (χ1v) is 9.96. The lowest BCUT2D eigenvalue weighted by atomic mass is 10.0. The highest BCUT2D eigenvalue weighted by molar-refractivity contribution is 6.15. The Bertz CT molecular complexity index is 1360. The molecule has 5 rings (SSSR count). The molecule has 4 aromatic rings. The van der Waals surface area contributed by atoms with Gasteiger partial charge in [0.1, 0.15) is 0 Å². The molecule has 30 heavy (non-hydrogen) atoms. The minimum Gasteiger partial charge on any atom is -0.493 e. The zero-order valence-electron chi connectivity index (χ0n) is 17.2. The molecule has 7 heteroatoms. The number of methoxy groups -OCH3 is 2. The molecule has 0 radical (unpaired) electrons. The third kappa shape index (κ3) is 2.65. The van der Waals surface area contributed by atoms with Gasteiger partial charge in [-0.1, -0.05) is 13.3 Å². The van der Waals surface area contributed by atoms with Gasteiger partial charge in [0.2, 0.25) is 6.79 Å². The first-order valence-electron chi connectivity index (χ1n) is 9.96. The minimum atomic E-state index is -0.0514. The SMILES string of the molecule is CCCCn1c(=O)c2c3cc4c(cc3ncc2c2cc(OC)c(OC)cc21)OCO4. The molecule has 0 amide bonds. The number of benzene rings is 2. The van der Waals surface area contributed by atoms with Crippen LogP contribution in [-0.2, 0) is 6.54 Å². The number of rotatable bonds is 5. The van der Waals surface area contributed by atoms with E-state index in [1.165, 1.54) is 0 Å². The third-order valence-corrected chi connectivity index (χ3v) is 5.64. The third-order valence-electron chi connectivity index (χ3n) is 5.64. The number of hydrogen-bond acceptors (Lipinski definition) is 6. The van der Waals surface area contributed by atoms with Crippen LogP contribution >= 0.6 is 0 Å². The average molecular weight is 406 g/mol. The van der Waals surface area contributed by atoms with E-state index in [4.69, 9.17) is 18.9 Å². The van der Waals surface area contributed by atoms with Crippen LogP contribution in [0.3, 0.4) is 0 Å². The number of aryl methyl sites for hydroxylation is 1. The van der Waals surface area contributed by atoms with E-state index in [2.05, 4.69) is 11.9 Å². The zero-order chi connectivity index (χ0) is 20.8. The molecule has 0 bridgehead atoms. The lowest BCUT2D eigenvalue weighted by Crippen LogP contribution is -2.21. The zero-order valence-corrected chi connectivity index (χ0v) is 17.2. The van der Waals surface area contributed by atoms with E-state index in [9.17, 15) is 4.79 Å². The van der Waals surface area contributed by atoms with Crippen LogP contribution in [0.5, 0.6) is 23.0 Å². The molecule has 1 aliphatic heterocycles. The van der Waals surface area contributed by atoms with Crippen molar-refractivity contribution in [2.75, 3.05) is 21.0 Å². The summed E-state index contributed by atoms with van der Waals surface area (Å²) >= 11 is 0. The Balaban J connectivity index is 1.95. The maximum absolute atomic E-state index is 13.7. The number of pyridine rings is 2. The number of nitrogens with zero attached hydrogens (tertiary/aromatic N) is 2. The molecule has 0 saturated carbocycles. The van der Waals surface area contributed by atoms with Gasteiger partial charge in [-0.05, 0) is 18.6 Å².